The minimum Gasteiger partial charge on any atom is -0.339 e. The van der Waals surface area contributed by atoms with E-state index < -0.39 is 9.84 Å². The van der Waals surface area contributed by atoms with Crippen molar-refractivity contribution in [2.75, 3.05) is 24.6 Å². The van der Waals surface area contributed by atoms with Gasteiger partial charge in [0.05, 0.1) is 22.6 Å². The molecule has 1 unspecified atom stereocenters. The first kappa shape index (κ1) is 19.5. The molecule has 1 aromatic rings. The van der Waals surface area contributed by atoms with Crippen molar-refractivity contribution in [1.29, 1.82) is 0 Å². The number of amides is 3. The Morgan fingerprint density at radius 2 is 1.81 bits per heavy atom. The van der Waals surface area contributed by atoms with Crippen LogP contribution >= 0.6 is 0 Å². The summed E-state index contributed by atoms with van der Waals surface area (Å²) in [5, 5.41) is 0. The first-order valence-electron chi connectivity index (χ1n) is 9.29. The largest absolute Gasteiger partial charge is 0.339 e. The van der Waals surface area contributed by atoms with Crippen molar-refractivity contribution in [2.24, 2.45) is 0 Å². The standard InChI is InChI=1S/C19H24N2O5S/c1-2-10-20(14-9-12-27(25,26)13-14)17(22)8-5-11-21-18(23)15-6-3-4-7-16(15)19(21)24/h3-4,6-7,14H,2,5,8-13H2,1H3. The second-order valence-corrected chi connectivity index (χ2v) is 9.28. The maximum absolute atomic E-state index is 12.6. The Balaban J connectivity index is 1.57. The number of sulfone groups is 1. The van der Waals surface area contributed by atoms with Crippen LogP contribution in [0, 0.1) is 0 Å². The highest BCUT2D eigenvalue weighted by molar-refractivity contribution is 7.91. The SMILES string of the molecule is CCCN(C(=O)CCCN1C(=O)c2ccccc2C1=O)C1CCS(=O)(=O)C1. The number of hydrogen-bond acceptors (Lipinski definition) is 5. The lowest BCUT2D eigenvalue weighted by molar-refractivity contribution is -0.133. The molecule has 3 rings (SSSR count). The molecule has 0 bridgehead atoms. The molecule has 1 fully saturated rings. The molecule has 8 heteroatoms. The quantitative estimate of drug-likeness (QED) is 0.656. The van der Waals surface area contributed by atoms with Crippen molar-refractivity contribution >= 4 is 27.6 Å². The molecule has 0 saturated carbocycles. The Morgan fingerprint density at radius 3 is 2.33 bits per heavy atom. The highest BCUT2D eigenvalue weighted by atomic mass is 32.2. The smallest absolute Gasteiger partial charge is 0.261 e. The summed E-state index contributed by atoms with van der Waals surface area (Å²) < 4.78 is 23.4. The van der Waals surface area contributed by atoms with E-state index in [1.807, 2.05) is 6.92 Å². The van der Waals surface area contributed by atoms with Gasteiger partial charge in [0.2, 0.25) is 5.91 Å². The molecule has 3 amide bonds. The number of carbonyl (C=O) groups is 3. The van der Waals surface area contributed by atoms with Crippen molar-refractivity contribution in [1.82, 2.24) is 9.80 Å². The molecule has 0 aromatic heterocycles. The molecule has 7 nitrogen and oxygen atoms in total. The summed E-state index contributed by atoms with van der Waals surface area (Å²) in [4.78, 5) is 40.2. The van der Waals surface area contributed by atoms with E-state index in [9.17, 15) is 22.8 Å². The molecule has 2 aliphatic heterocycles. The summed E-state index contributed by atoms with van der Waals surface area (Å²) in [5.74, 6) is -0.613. The molecule has 27 heavy (non-hydrogen) atoms. The van der Waals surface area contributed by atoms with Crippen LogP contribution in [0.3, 0.4) is 0 Å². The fraction of sp³-hybridized carbons (Fsp3) is 0.526. The van der Waals surface area contributed by atoms with Gasteiger partial charge in [-0.1, -0.05) is 19.1 Å². The molecule has 0 spiro atoms. The summed E-state index contributed by atoms with van der Waals surface area (Å²) in [6.45, 7) is 2.65. The van der Waals surface area contributed by atoms with Crippen molar-refractivity contribution in [2.45, 2.75) is 38.6 Å². The summed E-state index contributed by atoms with van der Waals surface area (Å²) >= 11 is 0. The third kappa shape index (κ3) is 4.05. The Morgan fingerprint density at radius 1 is 1.19 bits per heavy atom. The zero-order chi connectivity index (χ0) is 19.6. The lowest BCUT2D eigenvalue weighted by Crippen LogP contribution is -2.42. The van der Waals surface area contributed by atoms with Crippen LogP contribution in [0.15, 0.2) is 24.3 Å². The minimum absolute atomic E-state index is 0.0249. The van der Waals surface area contributed by atoms with Gasteiger partial charge in [0.1, 0.15) is 0 Å². The van der Waals surface area contributed by atoms with Crippen LogP contribution in [0.2, 0.25) is 0 Å². The van der Waals surface area contributed by atoms with Gasteiger partial charge in [0.15, 0.2) is 9.84 Å². The highest BCUT2D eigenvalue weighted by Gasteiger charge is 2.36. The second-order valence-electron chi connectivity index (χ2n) is 7.06. The van der Waals surface area contributed by atoms with Crippen molar-refractivity contribution in [3.8, 4) is 0 Å². The summed E-state index contributed by atoms with van der Waals surface area (Å²) in [5.41, 5.74) is 0.801. The molecule has 1 saturated heterocycles. The van der Waals surface area contributed by atoms with E-state index in [-0.39, 0.29) is 48.2 Å². The Labute approximate surface area is 159 Å². The lowest BCUT2D eigenvalue weighted by Gasteiger charge is -2.28. The molecular formula is C19H24N2O5S. The van der Waals surface area contributed by atoms with Gasteiger partial charge in [-0.25, -0.2) is 8.42 Å². The van der Waals surface area contributed by atoms with Crippen LogP contribution in [0.4, 0.5) is 0 Å². The number of fused-ring (bicyclic) bond motifs is 1. The fourth-order valence-electron chi connectivity index (χ4n) is 3.75. The molecular weight excluding hydrogens is 368 g/mol. The first-order chi connectivity index (χ1) is 12.8. The van der Waals surface area contributed by atoms with Crippen molar-refractivity contribution < 1.29 is 22.8 Å². The normalized spacial score (nSPS) is 20.8. The number of hydrogen-bond donors (Lipinski definition) is 0. The molecule has 2 heterocycles. The zero-order valence-corrected chi connectivity index (χ0v) is 16.2. The molecule has 0 radical (unpaired) electrons. The van der Waals surface area contributed by atoms with E-state index >= 15 is 0 Å². The Kier molecular flexibility index (Phi) is 5.64. The average Bonchev–Trinajstić information content (AvgIpc) is 3.11. The fourth-order valence-corrected chi connectivity index (χ4v) is 5.48. The van der Waals surface area contributed by atoms with Crippen LogP contribution < -0.4 is 0 Å². The molecule has 0 N–H and O–H groups in total. The van der Waals surface area contributed by atoms with Crippen LogP contribution in [0.5, 0.6) is 0 Å². The van der Waals surface area contributed by atoms with Gasteiger partial charge in [0.25, 0.3) is 11.8 Å². The molecule has 1 aromatic carbocycles. The number of nitrogens with zero attached hydrogens (tertiary/aromatic N) is 2. The highest BCUT2D eigenvalue weighted by Crippen LogP contribution is 2.23. The van der Waals surface area contributed by atoms with E-state index in [0.717, 1.165) is 6.42 Å². The number of benzene rings is 1. The average molecular weight is 392 g/mol. The van der Waals surface area contributed by atoms with Crippen molar-refractivity contribution in [3.63, 3.8) is 0 Å². The van der Waals surface area contributed by atoms with Gasteiger partial charge < -0.3 is 4.90 Å². The van der Waals surface area contributed by atoms with E-state index in [2.05, 4.69) is 0 Å². The summed E-state index contributed by atoms with van der Waals surface area (Å²) in [6.07, 6.45) is 1.78. The summed E-state index contributed by atoms with van der Waals surface area (Å²) in [7, 11) is -3.06. The third-order valence-corrected chi connectivity index (χ3v) is 6.83. The Hall–Kier alpha value is -2.22. The van der Waals surface area contributed by atoms with Gasteiger partial charge in [-0.05, 0) is 31.4 Å². The van der Waals surface area contributed by atoms with Crippen LogP contribution in [-0.4, -0.2) is 66.6 Å². The van der Waals surface area contributed by atoms with E-state index in [1.165, 1.54) is 4.90 Å². The van der Waals surface area contributed by atoms with Gasteiger partial charge in [-0.2, -0.15) is 0 Å². The number of rotatable bonds is 7. The first-order valence-corrected chi connectivity index (χ1v) is 11.1. The third-order valence-electron chi connectivity index (χ3n) is 5.08. The molecule has 1 atom stereocenters. The number of carbonyl (C=O) groups excluding carboxylic acids is 3. The van der Waals surface area contributed by atoms with Crippen LogP contribution in [0.1, 0.15) is 53.3 Å². The zero-order valence-electron chi connectivity index (χ0n) is 15.4. The lowest BCUT2D eigenvalue weighted by atomic mass is 10.1. The van der Waals surface area contributed by atoms with Crippen molar-refractivity contribution in [3.05, 3.63) is 35.4 Å². The molecule has 2 aliphatic rings. The maximum atomic E-state index is 12.6. The maximum Gasteiger partial charge on any atom is 0.261 e. The van der Waals surface area contributed by atoms with E-state index in [1.54, 1.807) is 29.2 Å². The van der Waals surface area contributed by atoms with Gasteiger partial charge in [-0.3, -0.25) is 19.3 Å². The monoisotopic (exact) mass is 392 g/mol. The van der Waals surface area contributed by atoms with E-state index in [0.29, 0.717) is 30.5 Å². The second kappa shape index (κ2) is 7.80. The van der Waals surface area contributed by atoms with Crippen LogP contribution in [-0.2, 0) is 14.6 Å². The topological polar surface area (TPSA) is 91.8 Å². The summed E-state index contributed by atoms with van der Waals surface area (Å²) in [6, 6.07) is 6.43. The van der Waals surface area contributed by atoms with E-state index in [4.69, 9.17) is 0 Å². The molecule has 146 valence electrons. The van der Waals surface area contributed by atoms with Gasteiger partial charge in [-0.15, -0.1) is 0 Å². The number of imide groups is 1. The minimum atomic E-state index is -3.06. The van der Waals surface area contributed by atoms with Gasteiger partial charge in [0, 0.05) is 25.6 Å². The van der Waals surface area contributed by atoms with Gasteiger partial charge >= 0.3 is 0 Å². The predicted molar refractivity (Wildman–Crippen MR) is 100 cm³/mol. The predicted octanol–water partition coefficient (Wildman–Crippen LogP) is 1.49. The molecule has 0 aliphatic carbocycles. The van der Waals surface area contributed by atoms with Crippen LogP contribution in [0.25, 0.3) is 0 Å². The Bertz CT molecular complexity index is 830.